The van der Waals surface area contributed by atoms with E-state index in [1.165, 1.54) is 5.56 Å². The fourth-order valence-corrected chi connectivity index (χ4v) is 4.64. The zero-order valence-corrected chi connectivity index (χ0v) is 19.3. The Morgan fingerprint density at radius 3 is 2.55 bits per heavy atom. The molecule has 31 heavy (non-hydrogen) atoms. The molecular weight excluding hydrogens is 404 g/mol. The second-order valence-corrected chi connectivity index (χ2v) is 9.87. The molecule has 0 spiro atoms. The third-order valence-corrected chi connectivity index (χ3v) is 6.48. The van der Waals surface area contributed by atoms with Crippen molar-refractivity contribution in [3.05, 3.63) is 77.9 Å². The average molecular weight is 433 g/mol. The van der Waals surface area contributed by atoms with E-state index < -0.39 is 0 Å². The second-order valence-electron chi connectivity index (χ2n) is 8.86. The predicted octanol–water partition coefficient (Wildman–Crippen LogP) is 5.84. The second kappa shape index (κ2) is 8.63. The minimum atomic E-state index is -0.0113. The number of para-hydroxylation sites is 1. The maximum absolute atomic E-state index is 13.5. The molecular formula is C25H28N4OS. The van der Waals surface area contributed by atoms with Gasteiger partial charge in [-0.15, -0.1) is 0 Å². The van der Waals surface area contributed by atoms with Crippen LogP contribution in [0.4, 0.5) is 5.13 Å². The summed E-state index contributed by atoms with van der Waals surface area (Å²) in [6.45, 7) is 9.98. The van der Waals surface area contributed by atoms with Crippen molar-refractivity contribution in [1.82, 2.24) is 14.5 Å². The number of aromatic nitrogens is 3. The smallest absolute Gasteiger partial charge is 0.260 e. The number of hydrogen-bond acceptors (Lipinski definition) is 4. The van der Waals surface area contributed by atoms with Crippen molar-refractivity contribution in [2.75, 3.05) is 11.4 Å². The molecule has 0 radical (unpaired) electrons. The van der Waals surface area contributed by atoms with Gasteiger partial charge in [-0.25, -0.2) is 9.97 Å². The molecule has 4 rings (SSSR count). The Morgan fingerprint density at radius 2 is 1.90 bits per heavy atom. The number of nitrogens with zero attached hydrogens (tertiary/aromatic N) is 4. The van der Waals surface area contributed by atoms with Gasteiger partial charge in [-0.05, 0) is 48.1 Å². The number of benzene rings is 2. The van der Waals surface area contributed by atoms with E-state index in [0.29, 0.717) is 12.1 Å². The van der Waals surface area contributed by atoms with Gasteiger partial charge in [-0.3, -0.25) is 9.69 Å². The van der Waals surface area contributed by atoms with Crippen LogP contribution in [0.2, 0.25) is 0 Å². The van der Waals surface area contributed by atoms with Crippen LogP contribution in [0.5, 0.6) is 0 Å². The van der Waals surface area contributed by atoms with E-state index in [9.17, 15) is 4.79 Å². The predicted molar refractivity (Wildman–Crippen MR) is 128 cm³/mol. The molecule has 1 amide bonds. The highest BCUT2D eigenvalue weighted by atomic mass is 32.1. The highest BCUT2D eigenvalue weighted by Gasteiger charge is 2.22. The van der Waals surface area contributed by atoms with Gasteiger partial charge in [0, 0.05) is 31.0 Å². The van der Waals surface area contributed by atoms with Crippen LogP contribution in [0.15, 0.2) is 61.2 Å². The Balaban J connectivity index is 1.63. The average Bonchev–Trinajstić information content (AvgIpc) is 3.41. The lowest BCUT2D eigenvalue weighted by molar-refractivity contribution is 0.0986. The maximum Gasteiger partial charge on any atom is 0.260 e. The lowest BCUT2D eigenvalue weighted by Crippen LogP contribution is -2.32. The lowest BCUT2D eigenvalue weighted by atomic mass is 9.86. The number of carbonyl (C=O) groups is 1. The molecule has 2 aromatic carbocycles. The van der Waals surface area contributed by atoms with Crippen molar-refractivity contribution in [3.8, 4) is 0 Å². The summed E-state index contributed by atoms with van der Waals surface area (Å²) in [6, 6.07) is 14.1. The Morgan fingerprint density at radius 1 is 1.13 bits per heavy atom. The SMILES string of the molecule is Cc1cccc2sc(N(CCCn3ccnc3)C(=O)c3ccc(C(C)(C)C)cc3)nc12. The van der Waals surface area contributed by atoms with Crippen LogP contribution >= 0.6 is 11.3 Å². The number of thiazole rings is 1. The van der Waals surface area contributed by atoms with Crippen LogP contribution in [0.3, 0.4) is 0 Å². The van der Waals surface area contributed by atoms with Crippen LogP contribution in [0.1, 0.15) is 48.7 Å². The van der Waals surface area contributed by atoms with Crippen molar-refractivity contribution in [2.45, 2.75) is 46.1 Å². The van der Waals surface area contributed by atoms with Gasteiger partial charge in [0.05, 0.1) is 16.5 Å². The summed E-state index contributed by atoms with van der Waals surface area (Å²) in [5.41, 5.74) is 4.05. The molecule has 0 N–H and O–H groups in total. The minimum Gasteiger partial charge on any atom is -0.337 e. The molecule has 0 unspecified atom stereocenters. The zero-order valence-electron chi connectivity index (χ0n) is 18.5. The highest BCUT2D eigenvalue weighted by molar-refractivity contribution is 7.22. The third kappa shape index (κ3) is 4.69. The molecule has 0 aliphatic heterocycles. The monoisotopic (exact) mass is 432 g/mol. The van der Waals surface area contributed by atoms with Crippen molar-refractivity contribution in [1.29, 1.82) is 0 Å². The van der Waals surface area contributed by atoms with Crippen molar-refractivity contribution < 1.29 is 4.79 Å². The lowest BCUT2D eigenvalue weighted by Gasteiger charge is -2.22. The minimum absolute atomic E-state index is 0.0113. The summed E-state index contributed by atoms with van der Waals surface area (Å²) in [7, 11) is 0. The molecule has 0 bridgehead atoms. The molecule has 160 valence electrons. The topological polar surface area (TPSA) is 51.0 Å². The quantitative estimate of drug-likeness (QED) is 0.385. The molecule has 5 nitrogen and oxygen atoms in total. The zero-order chi connectivity index (χ0) is 22.0. The maximum atomic E-state index is 13.5. The van der Waals surface area contributed by atoms with Gasteiger partial charge in [-0.1, -0.05) is 56.4 Å². The number of amides is 1. The summed E-state index contributed by atoms with van der Waals surface area (Å²) in [4.78, 5) is 24.3. The fraction of sp³-hybridized carbons (Fsp3) is 0.320. The molecule has 0 saturated carbocycles. The van der Waals surface area contributed by atoms with Gasteiger partial charge in [0.2, 0.25) is 0 Å². The molecule has 0 fully saturated rings. The van der Waals surface area contributed by atoms with Gasteiger partial charge < -0.3 is 4.57 Å². The van der Waals surface area contributed by atoms with Crippen LogP contribution in [0, 0.1) is 6.92 Å². The Hall–Kier alpha value is -2.99. The first kappa shape index (κ1) is 21.2. The van der Waals surface area contributed by atoms with Gasteiger partial charge in [-0.2, -0.15) is 0 Å². The van der Waals surface area contributed by atoms with Crippen molar-refractivity contribution >= 4 is 32.6 Å². The molecule has 2 aromatic heterocycles. The first-order chi connectivity index (χ1) is 14.8. The number of rotatable bonds is 6. The first-order valence-corrected chi connectivity index (χ1v) is 11.4. The van der Waals surface area contributed by atoms with Gasteiger partial charge in [0.1, 0.15) is 0 Å². The van der Waals surface area contributed by atoms with Gasteiger partial charge in [0.15, 0.2) is 5.13 Å². The number of hydrogen-bond donors (Lipinski definition) is 0. The molecule has 0 atom stereocenters. The van der Waals surface area contributed by atoms with E-state index in [0.717, 1.165) is 33.9 Å². The number of fused-ring (bicyclic) bond motifs is 1. The summed E-state index contributed by atoms with van der Waals surface area (Å²) in [5, 5.41) is 0.750. The van der Waals surface area contributed by atoms with Gasteiger partial charge in [0.25, 0.3) is 5.91 Å². The van der Waals surface area contributed by atoms with E-state index in [2.05, 4.69) is 56.9 Å². The molecule has 0 aliphatic rings. The Bertz CT molecular complexity index is 1170. The first-order valence-electron chi connectivity index (χ1n) is 10.6. The fourth-order valence-electron chi connectivity index (χ4n) is 3.57. The Labute approximate surface area is 187 Å². The molecule has 0 saturated heterocycles. The normalized spacial score (nSPS) is 11.7. The largest absolute Gasteiger partial charge is 0.337 e. The number of aryl methyl sites for hydroxylation is 2. The van der Waals surface area contributed by atoms with Crippen molar-refractivity contribution in [3.63, 3.8) is 0 Å². The summed E-state index contributed by atoms with van der Waals surface area (Å²) >= 11 is 1.57. The summed E-state index contributed by atoms with van der Waals surface area (Å²) in [5.74, 6) is -0.0113. The van der Waals surface area contributed by atoms with Crippen molar-refractivity contribution in [2.24, 2.45) is 0 Å². The number of carbonyl (C=O) groups excluding carboxylic acids is 1. The molecule has 6 heteroatoms. The molecule has 2 heterocycles. The standard InChI is InChI=1S/C25H28N4OS/c1-18-7-5-8-21-22(18)27-24(31-21)29(15-6-14-28-16-13-26-17-28)23(30)19-9-11-20(12-10-19)25(2,3)4/h5,7-13,16-17H,6,14-15H2,1-4H3. The third-order valence-electron chi connectivity index (χ3n) is 5.44. The van der Waals surface area contributed by atoms with E-state index in [-0.39, 0.29) is 11.3 Å². The van der Waals surface area contributed by atoms with Gasteiger partial charge >= 0.3 is 0 Å². The van der Waals surface area contributed by atoms with E-state index >= 15 is 0 Å². The summed E-state index contributed by atoms with van der Waals surface area (Å²) < 4.78 is 3.13. The summed E-state index contributed by atoms with van der Waals surface area (Å²) in [6.07, 6.45) is 6.34. The van der Waals surface area contributed by atoms with Crippen LogP contribution < -0.4 is 4.90 Å². The number of imidazole rings is 1. The number of anilines is 1. The Kier molecular flexibility index (Phi) is 5.92. The molecule has 4 aromatic rings. The highest BCUT2D eigenvalue weighted by Crippen LogP contribution is 2.32. The van der Waals surface area contributed by atoms with E-state index in [1.54, 1.807) is 23.9 Å². The van der Waals surface area contributed by atoms with Crippen LogP contribution in [-0.2, 0) is 12.0 Å². The van der Waals surface area contributed by atoms with E-state index in [1.807, 2.05) is 33.9 Å². The molecule has 0 aliphatic carbocycles. The van der Waals surface area contributed by atoms with Crippen LogP contribution in [0.25, 0.3) is 10.2 Å². The van der Waals surface area contributed by atoms with Crippen LogP contribution in [-0.4, -0.2) is 27.0 Å². The van der Waals surface area contributed by atoms with E-state index in [4.69, 9.17) is 4.98 Å².